The van der Waals surface area contributed by atoms with Crippen LogP contribution in [0.1, 0.15) is 12.3 Å². The molecule has 1 aromatic heterocycles. The second-order valence-corrected chi connectivity index (χ2v) is 11.0. The number of hydrogen-bond donors (Lipinski definition) is 0. The molecule has 0 aliphatic carbocycles. The molecule has 9 rings (SSSR count). The molecule has 9 aromatic rings. The second kappa shape index (κ2) is 10.4. The van der Waals surface area contributed by atoms with Crippen LogP contribution in [0.25, 0.3) is 88.0 Å². The second-order valence-electron chi connectivity index (χ2n) is 11.0. The maximum atomic E-state index is 9.33. The van der Waals surface area contributed by atoms with Crippen LogP contribution in [0.15, 0.2) is 174 Å². The van der Waals surface area contributed by atoms with Gasteiger partial charge in [0.05, 0.1) is 12.3 Å². The van der Waals surface area contributed by atoms with Crippen molar-refractivity contribution in [2.45, 2.75) is 0 Å². The van der Waals surface area contributed by atoms with Gasteiger partial charge in [0.15, 0.2) is 0 Å². The topological polar surface area (TPSA) is 13.1 Å². The number of benzene rings is 8. The molecule has 0 bridgehead atoms. The standard InChI is InChI=1S/C44H28O/c1-3-15-29(16-4-1)32-19-7-8-20-33(32)43-36-23-11-9-21-34(36)42(35-22-10-12-24-37(35)43)31-27-39(30-17-5-2-6-18-30)44-38-25-13-14-26-40(38)45-41(44)28-31/h1-28H/i1D,3D,4D,7D,8D,15D,16D,19D,20D. The molecule has 0 spiro atoms. The zero-order valence-electron chi connectivity index (χ0n) is 32.9. The Hall–Kier alpha value is -5.92. The minimum absolute atomic E-state index is 0.0520. The van der Waals surface area contributed by atoms with Crippen molar-refractivity contribution in [2.24, 2.45) is 0 Å². The Bertz CT molecular complexity index is 2960. The third-order valence-corrected chi connectivity index (χ3v) is 8.47. The summed E-state index contributed by atoms with van der Waals surface area (Å²) in [5, 5.41) is 4.91. The normalized spacial score (nSPS) is 14.4. The van der Waals surface area contributed by atoms with E-state index in [4.69, 9.17) is 15.4 Å². The lowest BCUT2D eigenvalue weighted by Gasteiger charge is -2.20. The first-order chi connectivity index (χ1) is 26.1. The molecule has 0 aliphatic rings. The zero-order valence-corrected chi connectivity index (χ0v) is 23.9. The molecule has 1 heteroatoms. The van der Waals surface area contributed by atoms with Crippen molar-refractivity contribution < 1.29 is 16.8 Å². The SMILES string of the molecule is [2H]c1c([2H])c([2H])c(-c2c([2H])c([2H])c([2H])c([2H])c2-c2c3ccccc3c(-c3cc(-c4ccccc4)c4c(c3)oc3ccccc34)c3ccccc23)c([2H])c1[2H]. The van der Waals surface area contributed by atoms with Crippen molar-refractivity contribution >= 4 is 43.5 Å². The van der Waals surface area contributed by atoms with Gasteiger partial charge in [-0.05, 0) is 84.3 Å². The van der Waals surface area contributed by atoms with Gasteiger partial charge in [0, 0.05) is 10.8 Å². The van der Waals surface area contributed by atoms with E-state index in [9.17, 15) is 1.37 Å². The summed E-state index contributed by atoms with van der Waals surface area (Å²) in [5.41, 5.74) is 5.32. The molecule has 210 valence electrons. The Balaban J connectivity index is 1.45. The number of fused-ring (bicyclic) bond motifs is 5. The smallest absolute Gasteiger partial charge is 0.136 e. The lowest BCUT2D eigenvalue weighted by Crippen LogP contribution is -1.93. The van der Waals surface area contributed by atoms with Gasteiger partial charge in [-0.2, -0.15) is 0 Å². The maximum absolute atomic E-state index is 9.33. The average Bonchev–Trinajstić information content (AvgIpc) is 3.58. The third kappa shape index (κ3) is 4.09. The summed E-state index contributed by atoms with van der Waals surface area (Å²) < 4.78 is 85.2. The van der Waals surface area contributed by atoms with E-state index in [1.165, 1.54) is 0 Å². The van der Waals surface area contributed by atoms with Crippen LogP contribution in [0.4, 0.5) is 0 Å². The third-order valence-electron chi connectivity index (χ3n) is 8.47. The van der Waals surface area contributed by atoms with Crippen LogP contribution >= 0.6 is 0 Å². The van der Waals surface area contributed by atoms with E-state index >= 15 is 0 Å². The Morgan fingerprint density at radius 1 is 0.378 bits per heavy atom. The van der Waals surface area contributed by atoms with Gasteiger partial charge >= 0.3 is 0 Å². The summed E-state index contributed by atoms with van der Waals surface area (Å²) in [5.74, 6) is 0. The summed E-state index contributed by atoms with van der Waals surface area (Å²) in [7, 11) is 0. The van der Waals surface area contributed by atoms with Gasteiger partial charge < -0.3 is 4.42 Å². The summed E-state index contributed by atoms with van der Waals surface area (Å²) in [6.07, 6.45) is 0. The molecule has 8 aromatic carbocycles. The van der Waals surface area contributed by atoms with Crippen LogP contribution in [0.3, 0.4) is 0 Å². The lowest BCUT2D eigenvalue weighted by molar-refractivity contribution is 0.669. The quantitative estimate of drug-likeness (QED) is 0.188. The molecule has 0 amide bonds. The van der Waals surface area contributed by atoms with Crippen molar-refractivity contribution in [3.8, 4) is 44.5 Å². The van der Waals surface area contributed by atoms with Crippen molar-refractivity contribution in [2.75, 3.05) is 0 Å². The first-order valence-corrected chi connectivity index (χ1v) is 14.7. The monoisotopic (exact) mass is 581 g/mol. The number of hydrogen-bond acceptors (Lipinski definition) is 1. The highest BCUT2D eigenvalue weighted by atomic mass is 16.3. The van der Waals surface area contributed by atoms with Crippen molar-refractivity contribution in [1.82, 2.24) is 0 Å². The first-order valence-electron chi connectivity index (χ1n) is 19.2. The summed E-state index contributed by atoms with van der Waals surface area (Å²) >= 11 is 0. The van der Waals surface area contributed by atoms with Gasteiger partial charge in [-0.1, -0.05) is 151 Å². The van der Waals surface area contributed by atoms with Gasteiger partial charge in [-0.25, -0.2) is 0 Å². The minimum Gasteiger partial charge on any atom is -0.456 e. The van der Waals surface area contributed by atoms with E-state index in [0.717, 1.165) is 49.4 Å². The molecule has 0 unspecified atom stereocenters. The lowest BCUT2D eigenvalue weighted by atomic mass is 9.83. The van der Waals surface area contributed by atoms with Gasteiger partial charge in [0.2, 0.25) is 0 Å². The fourth-order valence-corrected chi connectivity index (χ4v) is 6.62. The molecule has 0 N–H and O–H groups in total. The Kier molecular flexibility index (Phi) is 4.15. The zero-order chi connectivity index (χ0) is 37.6. The highest BCUT2D eigenvalue weighted by molar-refractivity contribution is 6.23. The van der Waals surface area contributed by atoms with Crippen molar-refractivity contribution in [3.63, 3.8) is 0 Å². The fraction of sp³-hybridized carbons (Fsp3) is 0. The van der Waals surface area contributed by atoms with Crippen LogP contribution in [0.5, 0.6) is 0 Å². The molecular weight excluding hydrogens is 544 g/mol. The first kappa shape index (κ1) is 18.0. The summed E-state index contributed by atoms with van der Waals surface area (Å²) in [6, 6.07) is 32.8. The maximum Gasteiger partial charge on any atom is 0.136 e. The van der Waals surface area contributed by atoms with E-state index in [1.54, 1.807) is 0 Å². The summed E-state index contributed by atoms with van der Waals surface area (Å²) in [6.45, 7) is 0. The van der Waals surface area contributed by atoms with Crippen LogP contribution in [0.2, 0.25) is 0 Å². The van der Waals surface area contributed by atoms with Gasteiger partial charge in [-0.3, -0.25) is 0 Å². The number of rotatable bonds is 4. The van der Waals surface area contributed by atoms with Gasteiger partial charge in [0.1, 0.15) is 11.2 Å². The minimum atomic E-state index is -0.593. The van der Waals surface area contributed by atoms with E-state index in [0.29, 0.717) is 21.9 Å². The molecule has 1 heterocycles. The van der Waals surface area contributed by atoms with E-state index in [2.05, 4.69) is 24.3 Å². The Morgan fingerprint density at radius 2 is 0.933 bits per heavy atom. The molecule has 0 saturated heterocycles. The van der Waals surface area contributed by atoms with E-state index in [-0.39, 0.29) is 22.7 Å². The van der Waals surface area contributed by atoms with Crippen LogP contribution in [-0.4, -0.2) is 0 Å². The molecule has 1 nitrogen and oxygen atoms in total. The molecule has 0 aliphatic heterocycles. The van der Waals surface area contributed by atoms with Crippen LogP contribution in [-0.2, 0) is 0 Å². The largest absolute Gasteiger partial charge is 0.456 e. The molecule has 0 radical (unpaired) electrons. The van der Waals surface area contributed by atoms with Crippen LogP contribution < -0.4 is 0 Å². The number of furan rings is 1. The highest BCUT2D eigenvalue weighted by Crippen LogP contribution is 2.48. The van der Waals surface area contributed by atoms with Gasteiger partial charge in [0.25, 0.3) is 0 Å². The predicted molar refractivity (Wildman–Crippen MR) is 190 cm³/mol. The molecule has 0 fully saturated rings. The molecule has 45 heavy (non-hydrogen) atoms. The van der Waals surface area contributed by atoms with E-state index < -0.39 is 48.3 Å². The van der Waals surface area contributed by atoms with Crippen LogP contribution in [0, 0.1) is 0 Å². The Morgan fingerprint density at radius 3 is 1.62 bits per heavy atom. The summed E-state index contributed by atoms with van der Waals surface area (Å²) in [4.78, 5) is 0. The molecular formula is C44H28O. The van der Waals surface area contributed by atoms with E-state index in [1.807, 2.05) is 91.0 Å². The predicted octanol–water partition coefficient (Wildman–Crippen LogP) is 12.6. The highest BCUT2D eigenvalue weighted by Gasteiger charge is 2.21. The number of para-hydroxylation sites is 1. The molecule has 0 atom stereocenters. The van der Waals surface area contributed by atoms with Gasteiger partial charge in [-0.15, -0.1) is 0 Å². The Labute approximate surface area is 274 Å². The van der Waals surface area contributed by atoms with Crippen molar-refractivity contribution in [3.05, 3.63) is 170 Å². The molecule has 0 saturated carbocycles. The fourth-order valence-electron chi connectivity index (χ4n) is 6.62. The average molecular weight is 582 g/mol. The van der Waals surface area contributed by atoms with Crippen molar-refractivity contribution in [1.29, 1.82) is 0 Å².